The third-order valence-corrected chi connectivity index (χ3v) is 8.40. The molecular weight excluding hydrogens is 476 g/mol. The van der Waals surface area contributed by atoms with Gasteiger partial charge in [0.1, 0.15) is 18.5 Å². The number of aryl methyl sites for hydroxylation is 2. The molecule has 36 heavy (non-hydrogen) atoms. The van der Waals surface area contributed by atoms with Crippen molar-refractivity contribution in [1.82, 2.24) is 9.21 Å². The fraction of sp³-hybridized carbons (Fsp3) is 0.321. The highest BCUT2D eigenvalue weighted by Crippen LogP contribution is 2.22. The molecule has 0 radical (unpaired) electrons. The molecule has 1 atom stereocenters. The van der Waals surface area contributed by atoms with Crippen molar-refractivity contribution in [3.8, 4) is 5.75 Å². The quantitative estimate of drug-likeness (QED) is 0.447. The largest absolute Gasteiger partial charge is 0.491 e. The molecule has 0 aliphatic carbocycles. The minimum absolute atomic E-state index is 0.0547. The number of hydrogen-bond donors (Lipinski definition) is 1. The van der Waals surface area contributed by atoms with E-state index in [1.54, 1.807) is 42.5 Å². The summed E-state index contributed by atoms with van der Waals surface area (Å²) in [5.74, 6) is 0.518. The first kappa shape index (κ1) is 26.0. The van der Waals surface area contributed by atoms with Crippen molar-refractivity contribution in [2.75, 3.05) is 39.3 Å². The van der Waals surface area contributed by atoms with E-state index in [9.17, 15) is 18.3 Å². The van der Waals surface area contributed by atoms with Crippen LogP contribution in [0.4, 0.5) is 0 Å². The fourth-order valence-electron chi connectivity index (χ4n) is 4.38. The van der Waals surface area contributed by atoms with Gasteiger partial charge in [-0.1, -0.05) is 48.0 Å². The van der Waals surface area contributed by atoms with E-state index in [-0.39, 0.29) is 12.4 Å². The maximum atomic E-state index is 13.1. The third kappa shape index (κ3) is 6.20. The zero-order valence-corrected chi connectivity index (χ0v) is 21.4. The van der Waals surface area contributed by atoms with Crippen molar-refractivity contribution in [1.29, 1.82) is 0 Å². The van der Waals surface area contributed by atoms with Crippen LogP contribution in [0.2, 0.25) is 0 Å². The summed E-state index contributed by atoms with van der Waals surface area (Å²) in [6.45, 7) is 6.09. The molecule has 3 aromatic carbocycles. The molecule has 7 nitrogen and oxygen atoms in total. The highest BCUT2D eigenvalue weighted by Gasteiger charge is 2.30. The second kappa shape index (κ2) is 11.3. The highest BCUT2D eigenvalue weighted by atomic mass is 32.2. The summed E-state index contributed by atoms with van der Waals surface area (Å²) in [4.78, 5) is 14.9. The van der Waals surface area contributed by atoms with Gasteiger partial charge in [-0.05, 0) is 49.7 Å². The monoisotopic (exact) mass is 508 g/mol. The number of hydrogen-bond acceptors (Lipinski definition) is 6. The van der Waals surface area contributed by atoms with Crippen LogP contribution >= 0.6 is 0 Å². The van der Waals surface area contributed by atoms with E-state index >= 15 is 0 Å². The molecule has 1 aliphatic heterocycles. The average molecular weight is 509 g/mol. The first-order chi connectivity index (χ1) is 17.2. The molecule has 3 aromatic rings. The number of aliphatic hydroxyl groups excluding tert-OH is 1. The van der Waals surface area contributed by atoms with Crippen LogP contribution in [-0.4, -0.2) is 73.9 Å². The summed E-state index contributed by atoms with van der Waals surface area (Å²) in [6, 6.07) is 21.3. The molecule has 190 valence electrons. The number of sulfonamides is 1. The van der Waals surface area contributed by atoms with Crippen LogP contribution in [0.3, 0.4) is 0 Å². The van der Waals surface area contributed by atoms with Crippen LogP contribution in [0, 0.1) is 13.8 Å². The Morgan fingerprint density at radius 1 is 0.917 bits per heavy atom. The second-order valence-corrected chi connectivity index (χ2v) is 11.1. The van der Waals surface area contributed by atoms with Crippen LogP contribution in [0.1, 0.15) is 27.0 Å². The molecule has 1 N–H and O–H groups in total. The summed E-state index contributed by atoms with van der Waals surface area (Å²) in [6.07, 6.45) is -0.724. The molecule has 1 aliphatic rings. The highest BCUT2D eigenvalue weighted by molar-refractivity contribution is 7.89. The Kier molecular flexibility index (Phi) is 8.21. The molecule has 4 rings (SSSR count). The van der Waals surface area contributed by atoms with Gasteiger partial charge in [0.15, 0.2) is 5.78 Å². The summed E-state index contributed by atoms with van der Waals surface area (Å²) >= 11 is 0. The number of piperazine rings is 1. The maximum Gasteiger partial charge on any atom is 0.243 e. The molecule has 0 aromatic heterocycles. The van der Waals surface area contributed by atoms with Crippen molar-refractivity contribution in [3.05, 3.63) is 95.1 Å². The van der Waals surface area contributed by atoms with Gasteiger partial charge in [0, 0.05) is 43.9 Å². The Hall–Kier alpha value is -3.04. The van der Waals surface area contributed by atoms with Crippen molar-refractivity contribution in [2.45, 2.75) is 24.8 Å². The van der Waals surface area contributed by atoms with Crippen molar-refractivity contribution in [3.63, 3.8) is 0 Å². The maximum absolute atomic E-state index is 13.1. The van der Waals surface area contributed by atoms with E-state index in [1.165, 1.54) is 4.31 Å². The summed E-state index contributed by atoms with van der Waals surface area (Å²) in [7, 11) is -3.54. The number of nitrogens with zero attached hydrogens (tertiary/aromatic N) is 2. The van der Waals surface area contributed by atoms with Gasteiger partial charge in [-0.2, -0.15) is 4.31 Å². The van der Waals surface area contributed by atoms with E-state index in [0.717, 1.165) is 11.1 Å². The van der Waals surface area contributed by atoms with Gasteiger partial charge in [0.2, 0.25) is 10.0 Å². The van der Waals surface area contributed by atoms with E-state index in [2.05, 4.69) is 0 Å². The second-order valence-electron chi connectivity index (χ2n) is 9.16. The van der Waals surface area contributed by atoms with Gasteiger partial charge in [0.05, 0.1) is 4.90 Å². The lowest BCUT2D eigenvalue weighted by atomic mass is 10.0. The number of ketones is 1. The normalized spacial score (nSPS) is 16.0. The van der Waals surface area contributed by atoms with Crippen LogP contribution < -0.4 is 4.74 Å². The lowest BCUT2D eigenvalue weighted by Crippen LogP contribution is -2.50. The van der Waals surface area contributed by atoms with Gasteiger partial charge in [-0.15, -0.1) is 0 Å². The van der Waals surface area contributed by atoms with Gasteiger partial charge < -0.3 is 9.84 Å². The minimum atomic E-state index is -3.54. The SMILES string of the molecule is Cc1ccc(S(=O)(=O)N2CCN(C[C@H](O)COc3ccc(C(=O)c4ccccc4)cc3)CC2)c(C)c1. The standard InChI is InChI=1S/C28H32N2O5S/c1-21-8-13-27(22(2)18-21)36(33,34)30-16-14-29(15-17-30)19-25(31)20-35-26-11-9-24(10-12-26)28(32)23-6-4-3-5-7-23/h3-13,18,25,31H,14-17,19-20H2,1-2H3/t25-/m0/s1. The summed E-state index contributed by atoms with van der Waals surface area (Å²) < 4.78 is 33.4. The summed E-state index contributed by atoms with van der Waals surface area (Å²) in [5.41, 5.74) is 2.98. The number of rotatable bonds is 9. The minimum Gasteiger partial charge on any atom is -0.491 e. The van der Waals surface area contributed by atoms with Gasteiger partial charge in [-0.3, -0.25) is 9.69 Å². The van der Waals surface area contributed by atoms with E-state index < -0.39 is 16.1 Å². The lowest BCUT2D eigenvalue weighted by Gasteiger charge is -2.35. The van der Waals surface area contributed by atoms with Crippen LogP contribution in [0.25, 0.3) is 0 Å². The lowest BCUT2D eigenvalue weighted by molar-refractivity contribution is 0.0569. The Morgan fingerprint density at radius 3 is 2.19 bits per heavy atom. The van der Waals surface area contributed by atoms with Crippen LogP contribution in [0.15, 0.2) is 77.7 Å². The molecule has 0 spiro atoms. The Bertz CT molecular complexity index is 1290. The number of ether oxygens (including phenoxy) is 1. The van der Waals surface area contributed by atoms with Gasteiger partial charge >= 0.3 is 0 Å². The molecule has 1 heterocycles. The molecule has 0 bridgehead atoms. The number of aliphatic hydroxyl groups is 1. The van der Waals surface area contributed by atoms with E-state index in [0.29, 0.717) is 54.5 Å². The first-order valence-electron chi connectivity index (χ1n) is 12.0. The van der Waals surface area contributed by atoms with Crippen molar-refractivity contribution < 1.29 is 23.1 Å². The van der Waals surface area contributed by atoms with Crippen LogP contribution in [0.5, 0.6) is 5.75 Å². The summed E-state index contributed by atoms with van der Waals surface area (Å²) in [5, 5.41) is 10.5. The van der Waals surface area contributed by atoms with Crippen molar-refractivity contribution in [2.24, 2.45) is 0 Å². The van der Waals surface area contributed by atoms with Gasteiger partial charge in [0.25, 0.3) is 0 Å². The Balaban J connectivity index is 1.24. The molecule has 0 saturated carbocycles. The Labute approximate surface area is 213 Å². The van der Waals surface area contributed by atoms with E-state index in [1.807, 2.05) is 49.1 Å². The fourth-order valence-corrected chi connectivity index (χ4v) is 6.01. The smallest absolute Gasteiger partial charge is 0.243 e. The van der Waals surface area contributed by atoms with E-state index in [4.69, 9.17) is 4.74 Å². The molecule has 0 unspecified atom stereocenters. The number of carbonyl (C=O) groups excluding carboxylic acids is 1. The van der Waals surface area contributed by atoms with Crippen molar-refractivity contribution >= 4 is 15.8 Å². The topological polar surface area (TPSA) is 87.2 Å². The first-order valence-corrected chi connectivity index (χ1v) is 13.5. The zero-order chi connectivity index (χ0) is 25.7. The number of benzene rings is 3. The molecule has 1 saturated heterocycles. The van der Waals surface area contributed by atoms with Crippen LogP contribution in [-0.2, 0) is 10.0 Å². The number of carbonyl (C=O) groups is 1. The zero-order valence-electron chi connectivity index (χ0n) is 20.6. The van der Waals surface area contributed by atoms with Gasteiger partial charge in [-0.25, -0.2) is 8.42 Å². The predicted molar refractivity (Wildman–Crippen MR) is 139 cm³/mol. The molecular formula is C28H32N2O5S. The molecule has 1 fully saturated rings. The third-order valence-electron chi connectivity index (χ3n) is 6.34. The molecule has 8 heteroatoms. The number of β-amino-alcohol motifs (C(OH)–C–C–N with tert-alkyl or cyclic N) is 1. The molecule has 0 amide bonds. The average Bonchev–Trinajstić information content (AvgIpc) is 2.88. The predicted octanol–water partition coefficient (Wildman–Crippen LogP) is 3.28. The Morgan fingerprint density at radius 2 is 1.56 bits per heavy atom.